The third kappa shape index (κ3) is 3.43. The molecule has 0 heterocycles. The molecule has 8 atom stereocenters. The summed E-state index contributed by atoms with van der Waals surface area (Å²) in [6.45, 7) is 15.1. The highest BCUT2D eigenvalue weighted by molar-refractivity contribution is 5.24. The predicted octanol–water partition coefficient (Wildman–Crippen LogP) is 8.66. The molecule has 3 fully saturated rings. The van der Waals surface area contributed by atoms with Crippen LogP contribution in [0.25, 0.3) is 0 Å². The van der Waals surface area contributed by atoms with Crippen molar-refractivity contribution < 1.29 is 0 Å². The van der Waals surface area contributed by atoms with Gasteiger partial charge < -0.3 is 0 Å². The van der Waals surface area contributed by atoms with Gasteiger partial charge in [-0.25, -0.2) is 0 Å². The number of allylic oxidation sites excluding steroid dienone is 2. The fraction of sp³-hybridized carbons (Fsp3) is 0.929. The van der Waals surface area contributed by atoms with E-state index in [1.165, 1.54) is 70.6 Å². The van der Waals surface area contributed by atoms with Gasteiger partial charge in [-0.05, 0) is 110 Å². The van der Waals surface area contributed by atoms with Crippen molar-refractivity contribution in [2.24, 2.45) is 52.3 Å². The molecule has 4 aliphatic rings. The highest BCUT2D eigenvalue weighted by atomic mass is 14.6. The van der Waals surface area contributed by atoms with Crippen molar-refractivity contribution in [3.8, 4) is 0 Å². The first-order valence-electron chi connectivity index (χ1n) is 12.9. The Balaban J connectivity index is 1.45. The molecule has 0 amide bonds. The van der Waals surface area contributed by atoms with E-state index in [9.17, 15) is 0 Å². The lowest BCUT2D eigenvalue weighted by atomic mass is 9.47. The zero-order chi connectivity index (χ0) is 20.1. The summed E-state index contributed by atoms with van der Waals surface area (Å²) in [6.07, 6.45) is 19.1. The van der Waals surface area contributed by atoms with E-state index in [1.54, 1.807) is 0 Å². The van der Waals surface area contributed by atoms with Crippen molar-refractivity contribution in [2.45, 2.75) is 112 Å². The molecule has 0 aromatic rings. The third-order valence-electron chi connectivity index (χ3n) is 10.9. The van der Waals surface area contributed by atoms with E-state index in [4.69, 9.17) is 0 Å². The first-order valence-corrected chi connectivity index (χ1v) is 12.9. The highest BCUT2D eigenvalue weighted by Gasteiger charge is 2.58. The maximum absolute atomic E-state index is 2.75. The molecule has 0 aliphatic heterocycles. The van der Waals surface area contributed by atoms with Gasteiger partial charge in [-0.3, -0.25) is 0 Å². The number of hydrogen-bond donors (Lipinski definition) is 0. The number of rotatable bonds is 5. The minimum absolute atomic E-state index is 0.557. The van der Waals surface area contributed by atoms with Crippen molar-refractivity contribution in [3.05, 3.63) is 11.6 Å². The van der Waals surface area contributed by atoms with Crippen molar-refractivity contribution >= 4 is 0 Å². The fourth-order valence-electron chi connectivity index (χ4n) is 8.45. The summed E-state index contributed by atoms with van der Waals surface area (Å²) in [6, 6.07) is 0. The predicted molar refractivity (Wildman–Crippen MR) is 122 cm³/mol. The van der Waals surface area contributed by atoms with Crippen LogP contribution in [0.2, 0.25) is 0 Å². The summed E-state index contributed by atoms with van der Waals surface area (Å²) in [5, 5.41) is 0. The molecular formula is C28H48. The van der Waals surface area contributed by atoms with Gasteiger partial charge in [0, 0.05) is 0 Å². The van der Waals surface area contributed by atoms with Crippen LogP contribution in [0.1, 0.15) is 112 Å². The summed E-state index contributed by atoms with van der Waals surface area (Å²) < 4.78 is 0. The molecule has 3 saturated carbocycles. The summed E-state index contributed by atoms with van der Waals surface area (Å²) in [7, 11) is 0. The van der Waals surface area contributed by atoms with Gasteiger partial charge in [0.2, 0.25) is 0 Å². The monoisotopic (exact) mass is 384 g/mol. The fourth-order valence-corrected chi connectivity index (χ4v) is 8.45. The molecule has 0 N–H and O–H groups in total. The smallest absolute Gasteiger partial charge is 0.00851 e. The molecule has 0 bridgehead atoms. The third-order valence-corrected chi connectivity index (χ3v) is 10.9. The quantitative estimate of drug-likeness (QED) is 0.416. The molecule has 160 valence electrons. The van der Waals surface area contributed by atoms with Crippen molar-refractivity contribution in [1.82, 2.24) is 0 Å². The molecule has 0 aromatic carbocycles. The first kappa shape index (κ1) is 21.0. The van der Waals surface area contributed by atoms with Crippen molar-refractivity contribution in [2.75, 3.05) is 0 Å². The maximum atomic E-state index is 2.75. The molecule has 0 aromatic heterocycles. The Morgan fingerprint density at radius 2 is 1.79 bits per heavy atom. The Bertz CT molecular complexity index is 585. The Hall–Kier alpha value is -0.260. The lowest BCUT2D eigenvalue weighted by Crippen LogP contribution is -2.49. The number of hydrogen-bond acceptors (Lipinski definition) is 0. The first-order chi connectivity index (χ1) is 13.3. The molecule has 0 spiro atoms. The van der Waals surface area contributed by atoms with Crippen LogP contribution >= 0.6 is 0 Å². The van der Waals surface area contributed by atoms with Crippen molar-refractivity contribution in [3.63, 3.8) is 0 Å². The largest absolute Gasteiger partial charge is 0.0845 e. The minimum atomic E-state index is 0.557. The van der Waals surface area contributed by atoms with E-state index >= 15 is 0 Å². The molecule has 28 heavy (non-hydrogen) atoms. The molecule has 0 nitrogen and oxygen atoms in total. The molecule has 8 unspecified atom stereocenters. The van der Waals surface area contributed by atoms with Crippen LogP contribution in [-0.4, -0.2) is 0 Å². The highest BCUT2D eigenvalue weighted by Crippen LogP contribution is 2.67. The van der Waals surface area contributed by atoms with Crippen LogP contribution in [0.4, 0.5) is 0 Å². The van der Waals surface area contributed by atoms with Gasteiger partial charge >= 0.3 is 0 Å². The van der Waals surface area contributed by atoms with Gasteiger partial charge in [0.25, 0.3) is 0 Å². The second kappa shape index (κ2) is 7.77. The topological polar surface area (TPSA) is 0 Å². The van der Waals surface area contributed by atoms with E-state index < -0.39 is 0 Å². The van der Waals surface area contributed by atoms with E-state index in [0.29, 0.717) is 10.8 Å². The molecule has 4 aliphatic carbocycles. The molecule has 0 radical (unpaired) electrons. The molecule has 0 heteroatoms. The van der Waals surface area contributed by atoms with Crippen LogP contribution in [0.15, 0.2) is 11.6 Å². The Morgan fingerprint density at radius 3 is 2.54 bits per heavy atom. The average molecular weight is 385 g/mol. The zero-order valence-corrected chi connectivity index (χ0v) is 19.9. The van der Waals surface area contributed by atoms with Gasteiger partial charge in [-0.15, -0.1) is 0 Å². The van der Waals surface area contributed by atoms with E-state index in [0.717, 1.165) is 41.4 Å². The Labute approximate surface area is 176 Å². The second-order valence-electron chi connectivity index (χ2n) is 12.6. The Kier molecular flexibility index (Phi) is 5.83. The van der Waals surface area contributed by atoms with Gasteiger partial charge in [-0.1, -0.05) is 66.0 Å². The van der Waals surface area contributed by atoms with Crippen LogP contribution in [-0.2, 0) is 0 Å². The van der Waals surface area contributed by atoms with Crippen LogP contribution in [0.3, 0.4) is 0 Å². The van der Waals surface area contributed by atoms with Gasteiger partial charge in [-0.2, -0.15) is 0 Å². The standard InChI is InChI=1S/C28H48/c1-19(2)21(4)8-7-9-22-11-13-25-24-12-10-23-18-20(3)14-16-28(23,6)26(24)15-17-27(22,25)5/h10,19-22,24-26H,7-9,11-18H2,1-6H3. The second-order valence-corrected chi connectivity index (χ2v) is 12.6. The van der Waals surface area contributed by atoms with Crippen LogP contribution in [0, 0.1) is 52.3 Å². The SMILES string of the molecule is CC1CCC2(C)C(=CCC3C2CCC2(C)C(CCCC(C)C(C)C)CCC32)C1. The molecule has 0 saturated heterocycles. The van der Waals surface area contributed by atoms with Crippen LogP contribution in [0.5, 0.6) is 0 Å². The average Bonchev–Trinajstić information content (AvgIpc) is 2.99. The summed E-state index contributed by atoms with van der Waals surface area (Å²) in [4.78, 5) is 0. The van der Waals surface area contributed by atoms with Gasteiger partial charge in [0.1, 0.15) is 0 Å². The van der Waals surface area contributed by atoms with E-state index in [1.807, 2.05) is 5.57 Å². The lowest BCUT2D eigenvalue weighted by molar-refractivity contribution is -0.0452. The van der Waals surface area contributed by atoms with Crippen LogP contribution < -0.4 is 0 Å². The molecule has 4 rings (SSSR count). The number of fused-ring (bicyclic) bond motifs is 5. The van der Waals surface area contributed by atoms with Gasteiger partial charge in [0.05, 0.1) is 0 Å². The van der Waals surface area contributed by atoms with E-state index in [-0.39, 0.29) is 0 Å². The van der Waals surface area contributed by atoms with Gasteiger partial charge in [0.15, 0.2) is 0 Å². The summed E-state index contributed by atoms with van der Waals surface area (Å²) in [5.74, 6) is 6.71. The summed E-state index contributed by atoms with van der Waals surface area (Å²) >= 11 is 0. The zero-order valence-electron chi connectivity index (χ0n) is 19.9. The maximum Gasteiger partial charge on any atom is -0.00851 e. The molecular weight excluding hydrogens is 336 g/mol. The lowest BCUT2D eigenvalue weighted by Gasteiger charge is -2.58. The Morgan fingerprint density at radius 1 is 1.00 bits per heavy atom. The normalized spacial score (nSPS) is 46.5. The minimum Gasteiger partial charge on any atom is -0.0845 e. The van der Waals surface area contributed by atoms with E-state index in [2.05, 4.69) is 47.6 Å². The van der Waals surface area contributed by atoms with Crippen molar-refractivity contribution in [1.29, 1.82) is 0 Å². The summed E-state index contributed by atoms with van der Waals surface area (Å²) in [5.41, 5.74) is 3.08.